The number of esters is 1. The van der Waals surface area contributed by atoms with Crippen molar-refractivity contribution < 1.29 is 14.3 Å². The SMILES string of the molecule is CC(=O)OC1CC[C@@]2(C)C(=CCC3C4=CC=C(C(C)=O)[C@@]4(C)CCC32)C1. The van der Waals surface area contributed by atoms with Gasteiger partial charge in [0.05, 0.1) is 0 Å². The van der Waals surface area contributed by atoms with E-state index in [0.717, 1.165) is 37.7 Å². The quantitative estimate of drug-likeness (QED) is 0.522. The van der Waals surface area contributed by atoms with Crippen LogP contribution in [0.4, 0.5) is 0 Å². The molecule has 5 atom stereocenters. The van der Waals surface area contributed by atoms with Crippen LogP contribution in [-0.4, -0.2) is 17.9 Å². The van der Waals surface area contributed by atoms with E-state index < -0.39 is 0 Å². The van der Waals surface area contributed by atoms with Crippen LogP contribution in [0.2, 0.25) is 0 Å². The number of carbonyl (C=O) groups excluding carboxylic acids is 2. The van der Waals surface area contributed by atoms with Crippen LogP contribution in [0.3, 0.4) is 0 Å². The molecule has 0 saturated heterocycles. The predicted molar refractivity (Wildman–Crippen MR) is 101 cm³/mol. The van der Waals surface area contributed by atoms with Gasteiger partial charge < -0.3 is 4.74 Å². The minimum Gasteiger partial charge on any atom is -0.462 e. The van der Waals surface area contributed by atoms with Crippen LogP contribution in [0.1, 0.15) is 66.2 Å². The number of carbonyl (C=O) groups is 2. The van der Waals surface area contributed by atoms with E-state index >= 15 is 0 Å². The number of hydrogen-bond acceptors (Lipinski definition) is 3. The minimum absolute atomic E-state index is 0.0499. The van der Waals surface area contributed by atoms with Crippen molar-refractivity contribution in [1.82, 2.24) is 0 Å². The van der Waals surface area contributed by atoms with Crippen molar-refractivity contribution in [2.24, 2.45) is 22.7 Å². The fourth-order valence-corrected chi connectivity index (χ4v) is 6.48. The number of rotatable bonds is 2. The molecule has 0 aromatic rings. The van der Waals surface area contributed by atoms with E-state index in [1.165, 1.54) is 24.5 Å². The van der Waals surface area contributed by atoms with Crippen molar-refractivity contribution >= 4 is 11.8 Å². The summed E-state index contributed by atoms with van der Waals surface area (Å²) >= 11 is 0. The van der Waals surface area contributed by atoms with Crippen molar-refractivity contribution in [1.29, 1.82) is 0 Å². The van der Waals surface area contributed by atoms with Crippen molar-refractivity contribution in [3.05, 3.63) is 34.9 Å². The molecule has 2 saturated carbocycles. The molecule has 0 spiro atoms. The number of Topliss-reactive ketones (excluding diaryl/α,β-unsaturated/α-hetero) is 1. The van der Waals surface area contributed by atoms with Crippen LogP contribution in [0.5, 0.6) is 0 Å². The van der Waals surface area contributed by atoms with Crippen molar-refractivity contribution in [2.75, 3.05) is 0 Å². The summed E-state index contributed by atoms with van der Waals surface area (Å²) < 4.78 is 5.51. The monoisotopic (exact) mass is 354 g/mol. The van der Waals surface area contributed by atoms with Gasteiger partial charge in [-0.1, -0.05) is 43.2 Å². The Morgan fingerprint density at radius 1 is 1.12 bits per heavy atom. The molecule has 2 fully saturated rings. The van der Waals surface area contributed by atoms with Crippen LogP contribution in [-0.2, 0) is 14.3 Å². The molecule has 0 aromatic heterocycles. The number of allylic oxidation sites excluding steroid dienone is 5. The summed E-state index contributed by atoms with van der Waals surface area (Å²) in [4.78, 5) is 23.5. The highest BCUT2D eigenvalue weighted by atomic mass is 16.5. The predicted octanol–water partition coefficient (Wildman–Crippen LogP) is 4.93. The van der Waals surface area contributed by atoms with Gasteiger partial charge in [-0.15, -0.1) is 0 Å². The van der Waals surface area contributed by atoms with Crippen molar-refractivity contribution in [2.45, 2.75) is 72.3 Å². The molecule has 3 nitrogen and oxygen atoms in total. The van der Waals surface area contributed by atoms with E-state index in [1.807, 2.05) is 0 Å². The van der Waals surface area contributed by atoms with Gasteiger partial charge in [-0.05, 0) is 56.3 Å². The van der Waals surface area contributed by atoms with E-state index in [-0.39, 0.29) is 28.7 Å². The first-order valence-electron chi connectivity index (χ1n) is 10.1. The zero-order valence-electron chi connectivity index (χ0n) is 16.4. The second-order valence-electron chi connectivity index (χ2n) is 9.20. The maximum atomic E-state index is 12.1. The summed E-state index contributed by atoms with van der Waals surface area (Å²) in [6, 6.07) is 0. The molecule has 140 valence electrons. The average molecular weight is 354 g/mol. The Balaban J connectivity index is 1.61. The van der Waals surface area contributed by atoms with E-state index in [9.17, 15) is 9.59 Å². The van der Waals surface area contributed by atoms with Crippen LogP contribution in [0, 0.1) is 22.7 Å². The zero-order chi connectivity index (χ0) is 18.7. The number of ketones is 1. The van der Waals surface area contributed by atoms with Gasteiger partial charge in [0, 0.05) is 24.3 Å². The van der Waals surface area contributed by atoms with E-state index in [2.05, 4.69) is 32.1 Å². The highest BCUT2D eigenvalue weighted by Gasteiger charge is 2.54. The fourth-order valence-electron chi connectivity index (χ4n) is 6.48. The Morgan fingerprint density at radius 3 is 2.58 bits per heavy atom. The summed E-state index contributed by atoms with van der Waals surface area (Å²) in [6.45, 7) is 7.91. The van der Waals surface area contributed by atoms with Gasteiger partial charge in [0.25, 0.3) is 0 Å². The normalized spacial score (nSPS) is 41.1. The summed E-state index contributed by atoms with van der Waals surface area (Å²) in [6.07, 6.45) is 13.1. The van der Waals surface area contributed by atoms with Crippen molar-refractivity contribution in [3.63, 3.8) is 0 Å². The van der Waals surface area contributed by atoms with Crippen LogP contribution in [0.25, 0.3) is 0 Å². The van der Waals surface area contributed by atoms with E-state index in [1.54, 1.807) is 6.92 Å². The van der Waals surface area contributed by atoms with Gasteiger partial charge >= 0.3 is 5.97 Å². The van der Waals surface area contributed by atoms with Gasteiger partial charge in [-0.25, -0.2) is 0 Å². The fraction of sp³-hybridized carbons (Fsp3) is 0.652. The molecule has 0 N–H and O–H groups in total. The first kappa shape index (κ1) is 17.8. The largest absolute Gasteiger partial charge is 0.462 e. The Hall–Kier alpha value is -1.64. The first-order valence-corrected chi connectivity index (χ1v) is 10.1. The smallest absolute Gasteiger partial charge is 0.302 e. The molecule has 3 unspecified atom stereocenters. The molecular formula is C23H30O3. The Labute approximate surface area is 156 Å². The molecule has 0 aromatic carbocycles. The van der Waals surface area contributed by atoms with E-state index in [0.29, 0.717) is 11.8 Å². The number of fused-ring (bicyclic) bond motifs is 5. The molecule has 4 rings (SSSR count). The summed E-state index contributed by atoms with van der Waals surface area (Å²) in [7, 11) is 0. The van der Waals surface area contributed by atoms with Gasteiger partial charge in [-0.2, -0.15) is 0 Å². The molecule has 4 aliphatic rings. The topological polar surface area (TPSA) is 43.4 Å². The van der Waals surface area contributed by atoms with Gasteiger partial charge in [0.1, 0.15) is 6.10 Å². The standard InChI is InChI=1S/C23H30O3/c1-14(24)19-7-8-20-18-6-5-16-13-17(26-15(2)25)9-11-22(16,3)21(18)10-12-23(19,20)4/h5,7-8,17-18,21H,6,9-13H2,1-4H3/t17?,18?,21?,22-,23+/m0/s1. The average Bonchev–Trinajstić information content (AvgIpc) is 2.92. The van der Waals surface area contributed by atoms with Gasteiger partial charge in [0.15, 0.2) is 5.78 Å². The lowest BCUT2D eigenvalue weighted by Crippen LogP contribution is -2.47. The van der Waals surface area contributed by atoms with Crippen LogP contribution >= 0.6 is 0 Å². The third kappa shape index (κ3) is 2.46. The highest BCUT2D eigenvalue weighted by Crippen LogP contribution is 2.63. The van der Waals surface area contributed by atoms with Crippen LogP contribution in [0.15, 0.2) is 34.9 Å². The molecule has 0 aliphatic heterocycles. The Morgan fingerprint density at radius 2 is 1.88 bits per heavy atom. The zero-order valence-corrected chi connectivity index (χ0v) is 16.4. The third-order valence-electron chi connectivity index (χ3n) is 7.82. The van der Waals surface area contributed by atoms with Crippen LogP contribution < -0.4 is 0 Å². The molecule has 0 amide bonds. The lowest BCUT2D eigenvalue weighted by molar-refractivity contribution is -0.148. The number of ether oxygens (including phenoxy) is 1. The summed E-state index contributed by atoms with van der Waals surface area (Å²) in [5.74, 6) is 1.23. The highest BCUT2D eigenvalue weighted by molar-refractivity contribution is 5.96. The maximum Gasteiger partial charge on any atom is 0.302 e. The summed E-state index contributed by atoms with van der Waals surface area (Å²) in [5, 5.41) is 0. The number of hydrogen-bond donors (Lipinski definition) is 0. The second-order valence-corrected chi connectivity index (χ2v) is 9.20. The lowest BCUT2D eigenvalue weighted by atomic mass is 9.49. The lowest BCUT2D eigenvalue weighted by Gasteiger charge is -2.56. The molecule has 0 heterocycles. The third-order valence-corrected chi connectivity index (χ3v) is 7.82. The molecule has 26 heavy (non-hydrogen) atoms. The molecular weight excluding hydrogens is 324 g/mol. The maximum absolute atomic E-state index is 12.1. The van der Waals surface area contributed by atoms with Crippen molar-refractivity contribution in [3.8, 4) is 0 Å². The molecule has 0 radical (unpaired) electrons. The van der Waals surface area contributed by atoms with Gasteiger partial charge in [-0.3, -0.25) is 9.59 Å². The Bertz CT molecular complexity index is 755. The second kappa shape index (κ2) is 5.94. The van der Waals surface area contributed by atoms with E-state index in [4.69, 9.17) is 4.74 Å². The van der Waals surface area contributed by atoms with Gasteiger partial charge in [0.2, 0.25) is 0 Å². The molecule has 3 heteroatoms. The minimum atomic E-state index is -0.166. The molecule has 0 bridgehead atoms. The molecule has 4 aliphatic carbocycles. The Kier molecular flexibility index (Phi) is 4.05. The first-order chi connectivity index (χ1) is 12.3. The summed E-state index contributed by atoms with van der Waals surface area (Å²) in [5.41, 5.74) is 4.14.